The molecular formula is C17H20BrNO2S. The van der Waals surface area contributed by atoms with Crippen molar-refractivity contribution < 1.29 is 9.47 Å². The van der Waals surface area contributed by atoms with Crippen LogP contribution in [0.25, 0.3) is 0 Å². The lowest BCUT2D eigenvalue weighted by Gasteiger charge is -2.26. The second-order valence-electron chi connectivity index (χ2n) is 5.39. The Bertz CT molecular complexity index is 579. The first-order valence-corrected chi connectivity index (χ1v) is 9.27. The summed E-state index contributed by atoms with van der Waals surface area (Å²) in [5.74, 6) is 0.918. The van der Waals surface area contributed by atoms with Crippen LogP contribution >= 0.6 is 27.3 Å². The van der Waals surface area contributed by atoms with Crippen molar-refractivity contribution in [3.63, 3.8) is 0 Å². The molecule has 118 valence electrons. The SMILES string of the molecule is Brc1cscc1OCc1ccc(CCN2CCOCC2)cc1. The Labute approximate surface area is 144 Å². The fourth-order valence-electron chi connectivity index (χ4n) is 2.45. The van der Waals surface area contributed by atoms with Gasteiger partial charge in [-0.25, -0.2) is 0 Å². The van der Waals surface area contributed by atoms with Crippen molar-refractivity contribution in [2.24, 2.45) is 0 Å². The molecule has 3 nitrogen and oxygen atoms in total. The molecule has 1 saturated heterocycles. The van der Waals surface area contributed by atoms with E-state index in [-0.39, 0.29) is 0 Å². The number of hydrogen-bond donors (Lipinski definition) is 0. The van der Waals surface area contributed by atoms with E-state index in [1.54, 1.807) is 11.3 Å². The van der Waals surface area contributed by atoms with Crippen LogP contribution in [-0.4, -0.2) is 37.7 Å². The first-order valence-electron chi connectivity index (χ1n) is 7.54. The number of hydrogen-bond acceptors (Lipinski definition) is 4. The van der Waals surface area contributed by atoms with Crippen molar-refractivity contribution in [2.75, 3.05) is 32.8 Å². The molecule has 0 unspecified atom stereocenters. The summed E-state index contributed by atoms with van der Waals surface area (Å²) >= 11 is 5.12. The maximum absolute atomic E-state index is 5.80. The van der Waals surface area contributed by atoms with Gasteiger partial charge in [-0.05, 0) is 33.5 Å². The minimum atomic E-state index is 0.610. The van der Waals surface area contributed by atoms with Gasteiger partial charge >= 0.3 is 0 Å². The number of benzene rings is 1. The molecular weight excluding hydrogens is 362 g/mol. The van der Waals surface area contributed by atoms with Crippen LogP contribution in [0, 0.1) is 0 Å². The molecule has 22 heavy (non-hydrogen) atoms. The van der Waals surface area contributed by atoms with Crippen LogP contribution in [0.15, 0.2) is 39.5 Å². The molecule has 1 fully saturated rings. The monoisotopic (exact) mass is 381 g/mol. The van der Waals surface area contributed by atoms with Gasteiger partial charge in [-0.1, -0.05) is 24.3 Å². The van der Waals surface area contributed by atoms with Crippen LogP contribution in [0.1, 0.15) is 11.1 Å². The smallest absolute Gasteiger partial charge is 0.144 e. The second kappa shape index (κ2) is 8.11. The van der Waals surface area contributed by atoms with Gasteiger partial charge in [0.15, 0.2) is 0 Å². The van der Waals surface area contributed by atoms with Gasteiger partial charge in [0.2, 0.25) is 0 Å². The van der Waals surface area contributed by atoms with Crippen LogP contribution in [0.5, 0.6) is 5.75 Å². The molecule has 0 spiro atoms. The Morgan fingerprint density at radius 1 is 1.09 bits per heavy atom. The maximum Gasteiger partial charge on any atom is 0.144 e. The molecule has 1 aliphatic rings. The quantitative estimate of drug-likeness (QED) is 0.755. The minimum Gasteiger partial charge on any atom is -0.487 e. The Kier molecular flexibility index (Phi) is 5.89. The summed E-state index contributed by atoms with van der Waals surface area (Å²) < 4.78 is 12.2. The van der Waals surface area contributed by atoms with Crippen LogP contribution in [0.4, 0.5) is 0 Å². The largest absolute Gasteiger partial charge is 0.487 e. The number of morpholine rings is 1. The zero-order valence-electron chi connectivity index (χ0n) is 12.5. The van der Waals surface area contributed by atoms with E-state index in [2.05, 4.69) is 45.1 Å². The van der Waals surface area contributed by atoms with E-state index in [0.29, 0.717) is 6.61 Å². The summed E-state index contributed by atoms with van der Waals surface area (Å²) in [6.07, 6.45) is 1.09. The highest BCUT2D eigenvalue weighted by Crippen LogP contribution is 2.29. The van der Waals surface area contributed by atoms with Gasteiger partial charge in [0.05, 0.1) is 17.7 Å². The van der Waals surface area contributed by atoms with Crippen LogP contribution < -0.4 is 4.74 Å². The van der Waals surface area contributed by atoms with E-state index in [1.807, 2.05) is 10.8 Å². The van der Waals surface area contributed by atoms with Crippen LogP contribution in [0.2, 0.25) is 0 Å². The van der Waals surface area contributed by atoms with Gasteiger partial charge in [0.25, 0.3) is 0 Å². The molecule has 0 radical (unpaired) electrons. The van der Waals surface area contributed by atoms with Gasteiger partial charge in [0, 0.05) is 30.4 Å². The Morgan fingerprint density at radius 3 is 2.50 bits per heavy atom. The van der Waals surface area contributed by atoms with E-state index in [9.17, 15) is 0 Å². The number of rotatable bonds is 6. The predicted molar refractivity (Wildman–Crippen MR) is 93.8 cm³/mol. The zero-order chi connectivity index (χ0) is 15.2. The van der Waals surface area contributed by atoms with E-state index >= 15 is 0 Å². The van der Waals surface area contributed by atoms with E-state index in [4.69, 9.17) is 9.47 Å². The molecule has 2 aromatic rings. The van der Waals surface area contributed by atoms with Crippen LogP contribution in [-0.2, 0) is 17.8 Å². The van der Waals surface area contributed by atoms with Gasteiger partial charge in [-0.3, -0.25) is 4.90 Å². The van der Waals surface area contributed by atoms with Crippen molar-refractivity contribution in [3.8, 4) is 5.75 Å². The molecule has 3 rings (SSSR count). The van der Waals surface area contributed by atoms with Crippen LogP contribution in [0.3, 0.4) is 0 Å². The fraction of sp³-hybridized carbons (Fsp3) is 0.412. The Morgan fingerprint density at radius 2 is 1.82 bits per heavy atom. The first-order chi connectivity index (χ1) is 10.8. The second-order valence-corrected chi connectivity index (χ2v) is 6.99. The maximum atomic E-state index is 5.80. The molecule has 0 amide bonds. The predicted octanol–water partition coefficient (Wildman–Crippen LogP) is 3.96. The molecule has 1 aromatic heterocycles. The third kappa shape index (κ3) is 4.56. The van der Waals surface area contributed by atoms with E-state index in [0.717, 1.165) is 49.5 Å². The third-order valence-electron chi connectivity index (χ3n) is 3.82. The zero-order valence-corrected chi connectivity index (χ0v) is 14.9. The summed E-state index contributed by atoms with van der Waals surface area (Å²) in [4.78, 5) is 2.47. The third-order valence-corrected chi connectivity index (χ3v) is 5.46. The lowest BCUT2D eigenvalue weighted by Crippen LogP contribution is -2.37. The normalized spacial score (nSPS) is 15.9. The van der Waals surface area contributed by atoms with Gasteiger partial charge in [0.1, 0.15) is 12.4 Å². The summed E-state index contributed by atoms with van der Waals surface area (Å²) in [5, 5.41) is 4.05. The summed E-state index contributed by atoms with van der Waals surface area (Å²) in [6, 6.07) is 8.74. The summed E-state index contributed by atoms with van der Waals surface area (Å²) in [5.41, 5.74) is 2.58. The number of nitrogens with zero attached hydrogens (tertiary/aromatic N) is 1. The standard InChI is InChI=1S/C17H20BrNO2S/c18-16-12-22-13-17(16)21-11-15-3-1-14(2-4-15)5-6-19-7-9-20-10-8-19/h1-4,12-13H,5-11H2. The van der Waals surface area contributed by atoms with Gasteiger partial charge in [-0.15, -0.1) is 11.3 Å². The highest BCUT2D eigenvalue weighted by molar-refractivity contribution is 9.10. The van der Waals surface area contributed by atoms with Gasteiger partial charge < -0.3 is 9.47 Å². The molecule has 0 atom stereocenters. The Hall–Kier alpha value is -0.880. The number of halogens is 1. The van der Waals surface area contributed by atoms with Crippen molar-refractivity contribution >= 4 is 27.3 Å². The average Bonchev–Trinajstić information content (AvgIpc) is 2.98. The first kappa shape index (κ1) is 16.0. The molecule has 0 N–H and O–H groups in total. The van der Waals surface area contributed by atoms with E-state index < -0.39 is 0 Å². The summed E-state index contributed by atoms with van der Waals surface area (Å²) in [7, 11) is 0. The summed E-state index contributed by atoms with van der Waals surface area (Å²) in [6.45, 7) is 5.58. The highest BCUT2D eigenvalue weighted by Gasteiger charge is 2.09. The van der Waals surface area contributed by atoms with E-state index in [1.165, 1.54) is 11.1 Å². The molecule has 1 aliphatic heterocycles. The Balaban J connectivity index is 1.46. The van der Waals surface area contributed by atoms with Crippen molar-refractivity contribution in [1.82, 2.24) is 4.90 Å². The minimum absolute atomic E-state index is 0.610. The highest BCUT2D eigenvalue weighted by atomic mass is 79.9. The lowest BCUT2D eigenvalue weighted by atomic mass is 10.1. The topological polar surface area (TPSA) is 21.7 Å². The number of thiophene rings is 1. The van der Waals surface area contributed by atoms with Crippen molar-refractivity contribution in [1.29, 1.82) is 0 Å². The molecule has 0 bridgehead atoms. The van der Waals surface area contributed by atoms with Crippen molar-refractivity contribution in [2.45, 2.75) is 13.0 Å². The van der Waals surface area contributed by atoms with Crippen molar-refractivity contribution in [3.05, 3.63) is 50.6 Å². The molecule has 1 aromatic carbocycles. The number of ether oxygens (including phenoxy) is 2. The molecule has 2 heterocycles. The average molecular weight is 382 g/mol. The molecule has 0 aliphatic carbocycles. The lowest BCUT2D eigenvalue weighted by molar-refractivity contribution is 0.0384. The van der Waals surface area contributed by atoms with Gasteiger partial charge in [-0.2, -0.15) is 0 Å². The molecule has 0 saturated carbocycles. The fourth-order valence-corrected chi connectivity index (χ4v) is 3.77. The molecule has 5 heteroatoms.